The minimum atomic E-state index is 0.738. The first-order valence-electron chi connectivity index (χ1n) is 5.58. The lowest BCUT2D eigenvalue weighted by Gasteiger charge is -2.19. The highest BCUT2D eigenvalue weighted by Gasteiger charge is 2.17. The second kappa shape index (κ2) is 4.60. The monoisotopic (exact) mass is 193 g/mol. The van der Waals surface area contributed by atoms with Gasteiger partial charge in [-0.15, -0.1) is 0 Å². The summed E-state index contributed by atoms with van der Waals surface area (Å²) in [6.45, 7) is 0.840. The number of nitrogens with one attached hydrogen (secondary N) is 2. The fourth-order valence-electron chi connectivity index (χ4n) is 2.26. The first-order chi connectivity index (χ1) is 6.90. The standard InChI is InChI=1S/C11H19N3/c1-12-8-11-13-7-10(14-11)9-5-3-2-4-6-9/h7,9,12H,2-6,8H2,1H3,(H,13,14). The number of nitrogens with zero attached hydrogens (tertiary/aromatic N) is 1. The first-order valence-corrected chi connectivity index (χ1v) is 5.58. The Morgan fingerprint density at radius 2 is 2.21 bits per heavy atom. The van der Waals surface area contributed by atoms with Crippen LogP contribution in [0, 0.1) is 0 Å². The van der Waals surface area contributed by atoms with Gasteiger partial charge in [0.25, 0.3) is 0 Å². The van der Waals surface area contributed by atoms with Crippen molar-refractivity contribution in [1.29, 1.82) is 0 Å². The minimum Gasteiger partial charge on any atom is -0.345 e. The Morgan fingerprint density at radius 1 is 1.43 bits per heavy atom. The van der Waals surface area contributed by atoms with Crippen LogP contribution in [-0.2, 0) is 6.54 Å². The summed E-state index contributed by atoms with van der Waals surface area (Å²) < 4.78 is 0. The molecule has 1 heterocycles. The summed E-state index contributed by atoms with van der Waals surface area (Å²) in [5.41, 5.74) is 1.34. The van der Waals surface area contributed by atoms with E-state index in [9.17, 15) is 0 Å². The summed E-state index contributed by atoms with van der Waals surface area (Å²) in [6.07, 6.45) is 8.86. The molecule has 0 unspecified atom stereocenters. The van der Waals surface area contributed by atoms with Gasteiger partial charge in [-0.25, -0.2) is 4.98 Å². The summed E-state index contributed by atoms with van der Waals surface area (Å²) in [5.74, 6) is 1.80. The first kappa shape index (κ1) is 9.71. The van der Waals surface area contributed by atoms with E-state index >= 15 is 0 Å². The third kappa shape index (κ3) is 2.15. The maximum atomic E-state index is 4.36. The lowest BCUT2D eigenvalue weighted by molar-refractivity contribution is 0.437. The molecule has 1 saturated carbocycles. The number of aromatic amines is 1. The van der Waals surface area contributed by atoms with Crippen LogP contribution in [0.15, 0.2) is 6.20 Å². The van der Waals surface area contributed by atoms with Crippen LogP contribution in [0.1, 0.15) is 49.5 Å². The van der Waals surface area contributed by atoms with E-state index in [1.165, 1.54) is 37.8 Å². The quantitative estimate of drug-likeness (QED) is 0.772. The molecular weight excluding hydrogens is 174 g/mol. The summed E-state index contributed by atoms with van der Waals surface area (Å²) in [5, 5.41) is 3.11. The van der Waals surface area contributed by atoms with Crippen LogP contribution in [0.2, 0.25) is 0 Å². The van der Waals surface area contributed by atoms with E-state index in [4.69, 9.17) is 0 Å². The van der Waals surface area contributed by atoms with Crippen molar-refractivity contribution in [3.05, 3.63) is 17.7 Å². The topological polar surface area (TPSA) is 40.7 Å². The van der Waals surface area contributed by atoms with E-state index in [1.807, 2.05) is 13.2 Å². The highest BCUT2D eigenvalue weighted by Crippen LogP contribution is 2.31. The zero-order valence-corrected chi connectivity index (χ0v) is 8.84. The lowest BCUT2D eigenvalue weighted by atomic mass is 9.87. The van der Waals surface area contributed by atoms with E-state index in [0.29, 0.717) is 0 Å². The largest absolute Gasteiger partial charge is 0.345 e. The maximum absolute atomic E-state index is 4.36. The second-order valence-electron chi connectivity index (χ2n) is 4.15. The van der Waals surface area contributed by atoms with E-state index < -0.39 is 0 Å². The van der Waals surface area contributed by atoms with Gasteiger partial charge in [-0.2, -0.15) is 0 Å². The molecule has 3 nitrogen and oxygen atoms in total. The lowest BCUT2D eigenvalue weighted by Crippen LogP contribution is -2.08. The number of rotatable bonds is 3. The molecule has 2 rings (SSSR count). The fraction of sp³-hybridized carbons (Fsp3) is 0.727. The smallest absolute Gasteiger partial charge is 0.120 e. The summed E-state index contributed by atoms with van der Waals surface area (Å²) in [7, 11) is 1.95. The SMILES string of the molecule is CNCc1ncc(C2CCCCC2)[nH]1. The summed E-state index contributed by atoms with van der Waals surface area (Å²) >= 11 is 0. The molecule has 1 aromatic rings. The van der Waals surface area contributed by atoms with Gasteiger partial charge in [0, 0.05) is 17.8 Å². The number of H-pyrrole nitrogens is 1. The molecule has 1 aromatic heterocycles. The average Bonchev–Trinajstić information content (AvgIpc) is 2.68. The average molecular weight is 193 g/mol. The Bertz CT molecular complexity index is 274. The van der Waals surface area contributed by atoms with Gasteiger partial charge < -0.3 is 10.3 Å². The third-order valence-corrected chi connectivity index (χ3v) is 3.04. The number of aromatic nitrogens is 2. The van der Waals surface area contributed by atoms with Gasteiger partial charge in [-0.1, -0.05) is 19.3 Å². The molecule has 1 aliphatic rings. The molecule has 2 N–H and O–H groups in total. The van der Waals surface area contributed by atoms with E-state index in [-0.39, 0.29) is 0 Å². The van der Waals surface area contributed by atoms with Crippen molar-refractivity contribution in [2.45, 2.75) is 44.6 Å². The van der Waals surface area contributed by atoms with Crippen molar-refractivity contribution in [2.75, 3.05) is 7.05 Å². The Morgan fingerprint density at radius 3 is 2.93 bits per heavy atom. The zero-order chi connectivity index (χ0) is 9.80. The highest BCUT2D eigenvalue weighted by molar-refractivity contribution is 5.08. The molecule has 0 aliphatic heterocycles. The van der Waals surface area contributed by atoms with Crippen molar-refractivity contribution >= 4 is 0 Å². The molecule has 78 valence electrons. The molecule has 0 aromatic carbocycles. The Labute approximate surface area is 85.3 Å². The molecule has 0 bridgehead atoms. The number of hydrogen-bond acceptors (Lipinski definition) is 2. The number of imidazole rings is 1. The summed E-state index contributed by atoms with van der Waals surface area (Å²) in [4.78, 5) is 7.77. The molecule has 0 saturated heterocycles. The molecular formula is C11H19N3. The van der Waals surface area contributed by atoms with Crippen LogP contribution in [-0.4, -0.2) is 17.0 Å². The van der Waals surface area contributed by atoms with Crippen LogP contribution in [0.3, 0.4) is 0 Å². The molecule has 0 amide bonds. The predicted molar refractivity (Wildman–Crippen MR) is 57.2 cm³/mol. The molecule has 1 aliphatic carbocycles. The highest BCUT2D eigenvalue weighted by atomic mass is 15.0. The Kier molecular flexibility index (Phi) is 3.19. The molecule has 3 heteroatoms. The Balaban J connectivity index is 2.00. The number of hydrogen-bond donors (Lipinski definition) is 2. The normalized spacial score (nSPS) is 18.6. The maximum Gasteiger partial charge on any atom is 0.120 e. The van der Waals surface area contributed by atoms with Crippen molar-refractivity contribution < 1.29 is 0 Å². The van der Waals surface area contributed by atoms with Crippen LogP contribution in [0.25, 0.3) is 0 Å². The summed E-state index contributed by atoms with van der Waals surface area (Å²) in [6, 6.07) is 0. The van der Waals surface area contributed by atoms with Crippen LogP contribution in [0.5, 0.6) is 0 Å². The Hall–Kier alpha value is -0.830. The van der Waals surface area contributed by atoms with Crippen LogP contribution in [0.4, 0.5) is 0 Å². The van der Waals surface area contributed by atoms with E-state index in [0.717, 1.165) is 18.3 Å². The predicted octanol–water partition coefficient (Wildman–Crippen LogP) is 2.18. The molecule has 1 fully saturated rings. The van der Waals surface area contributed by atoms with Gasteiger partial charge in [0.2, 0.25) is 0 Å². The van der Waals surface area contributed by atoms with Gasteiger partial charge in [-0.3, -0.25) is 0 Å². The zero-order valence-electron chi connectivity index (χ0n) is 8.84. The minimum absolute atomic E-state index is 0.738. The van der Waals surface area contributed by atoms with Crippen molar-refractivity contribution in [2.24, 2.45) is 0 Å². The van der Waals surface area contributed by atoms with Gasteiger partial charge in [0.15, 0.2) is 0 Å². The van der Waals surface area contributed by atoms with Crippen molar-refractivity contribution in [3.63, 3.8) is 0 Å². The van der Waals surface area contributed by atoms with Gasteiger partial charge >= 0.3 is 0 Å². The van der Waals surface area contributed by atoms with Gasteiger partial charge in [0.05, 0.1) is 6.54 Å². The van der Waals surface area contributed by atoms with Crippen molar-refractivity contribution in [1.82, 2.24) is 15.3 Å². The second-order valence-corrected chi connectivity index (χ2v) is 4.15. The van der Waals surface area contributed by atoms with Crippen LogP contribution < -0.4 is 5.32 Å². The fourth-order valence-corrected chi connectivity index (χ4v) is 2.26. The van der Waals surface area contributed by atoms with E-state index in [2.05, 4.69) is 15.3 Å². The van der Waals surface area contributed by atoms with Crippen LogP contribution >= 0.6 is 0 Å². The molecule has 0 radical (unpaired) electrons. The van der Waals surface area contributed by atoms with Gasteiger partial charge in [-0.05, 0) is 19.9 Å². The molecule has 0 spiro atoms. The van der Waals surface area contributed by atoms with E-state index in [1.54, 1.807) is 0 Å². The molecule has 14 heavy (non-hydrogen) atoms. The molecule has 0 atom stereocenters. The van der Waals surface area contributed by atoms with Crippen molar-refractivity contribution in [3.8, 4) is 0 Å². The third-order valence-electron chi connectivity index (χ3n) is 3.04. The van der Waals surface area contributed by atoms with Gasteiger partial charge in [0.1, 0.15) is 5.82 Å².